The van der Waals surface area contributed by atoms with Crippen molar-refractivity contribution < 1.29 is 19.8 Å². The number of hydrogen-bond donors (Lipinski definition) is 2. The van der Waals surface area contributed by atoms with Crippen molar-refractivity contribution in [3.63, 3.8) is 0 Å². The lowest BCUT2D eigenvalue weighted by atomic mass is 10.1. The molecule has 0 rings (SSSR count). The van der Waals surface area contributed by atoms with Gasteiger partial charge in [-0.15, -0.1) is 0 Å². The van der Waals surface area contributed by atoms with Crippen molar-refractivity contribution in [2.45, 2.75) is 32.7 Å². The van der Waals surface area contributed by atoms with Crippen molar-refractivity contribution >= 4 is 18.2 Å². The van der Waals surface area contributed by atoms with E-state index in [0.29, 0.717) is 0 Å². The predicted octanol–water partition coefficient (Wildman–Crippen LogP) is 1.34. The molecule has 0 aliphatic heterocycles. The highest BCUT2D eigenvalue weighted by atomic mass is 16.4. The van der Waals surface area contributed by atoms with Crippen LogP contribution in [0.15, 0.2) is 16.6 Å². The van der Waals surface area contributed by atoms with Crippen LogP contribution in [-0.4, -0.2) is 33.9 Å². The summed E-state index contributed by atoms with van der Waals surface area (Å²) in [5.41, 5.74) is -0.482. The van der Waals surface area contributed by atoms with Gasteiger partial charge in [-0.1, -0.05) is 6.08 Å². The average molecular weight is 213 g/mol. The van der Waals surface area contributed by atoms with Crippen LogP contribution in [0.2, 0.25) is 0 Å². The smallest absolute Gasteiger partial charge is 0.336 e. The van der Waals surface area contributed by atoms with Gasteiger partial charge >= 0.3 is 11.9 Å². The van der Waals surface area contributed by atoms with E-state index < -0.39 is 11.9 Å². The van der Waals surface area contributed by atoms with Crippen LogP contribution in [0, 0.1) is 0 Å². The highest BCUT2D eigenvalue weighted by Crippen LogP contribution is 2.06. The van der Waals surface area contributed by atoms with Gasteiger partial charge in [0, 0.05) is 6.21 Å². The fourth-order valence-corrected chi connectivity index (χ4v) is 0.656. The summed E-state index contributed by atoms with van der Waals surface area (Å²) in [7, 11) is 0. The molecule has 0 spiro atoms. The number of rotatable bonds is 4. The molecule has 84 valence electrons. The molecule has 0 fully saturated rings. The summed E-state index contributed by atoms with van der Waals surface area (Å²) < 4.78 is 0. The third-order valence-electron chi connectivity index (χ3n) is 1.33. The number of carboxylic acids is 2. The van der Waals surface area contributed by atoms with Crippen LogP contribution in [-0.2, 0) is 9.59 Å². The van der Waals surface area contributed by atoms with Crippen LogP contribution in [0.4, 0.5) is 0 Å². The molecular formula is C10H15NO4. The first-order valence-corrected chi connectivity index (χ1v) is 4.43. The Bertz CT molecular complexity index is 310. The SMILES string of the molecule is CC(C)(C)N=CC(=CCC(=O)O)C(=O)O. The van der Waals surface area contributed by atoms with E-state index in [1.807, 2.05) is 20.8 Å². The lowest BCUT2D eigenvalue weighted by Crippen LogP contribution is -2.12. The number of nitrogens with zero attached hydrogens (tertiary/aromatic N) is 1. The minimum absolute atomic E-state index is 0.104. The van der Waals surface area contributed by atoms with E-state index in [1.54, 1.807) is 0 Å². The van der Waals surface area contributed by atoms with E-state index in [2.05, 4.69) is 4.99 Å². The zero-order valence-electron chi connectivity index (χ0n) is 9.02. The minimum atomic E-state index is -1.18. The van der Waals surface area contributed by atoms with Gasteiger partial charge in [0.05, 0.1) is 17.5 Å². The van der Waals surface area contributed by atoms with Crippen molar-refractivity contribution in [3.8, 4) is 0 Å². The number of carboxylic acid groups (broad SMARTS) is 2. The van der Waals surface area contributed by atoms with Crippen LogP contribution in [0.1, 0.15) is 27.2 Å². The Kier molecular flexibility index (Phi) is 4.70. The van der Waals surface area contributed by atoms with Crippen LogP contribution in [0.25, 0.3) is 0 Å². The molecule has 0 radical (unpaired) electrons. The molecule has 0 aromatic carbocycles. The number of aliphatic carboxylic acids is 2. The molecule has 0 aromatic heterocycles. The fraction of sp³-hybridized carbons (Fsp3) is 0.500. The van der Waals surface area contributed by atoms with Gasteiger partial charge in [-0.2, -0.15) is 0 Å². The van der Waals surface area contributed by atoms with Gasteiger partial charge in [-0.05, 0) is 20.8 Å². The summed E-state index contributed by atoms with van der Waals surface area (Å²) in [5, 5.41) is 17.1. The van der Waals surface area contributed by atoms with Gasteiger partial charge in [-0.3, -0.25) is 9.79 Å². The number of hydrogen-bond acceptors (Lipinski definition) is 3. The van der Waals surface area contributed by atoms with Gasteiger partial charge in [0.15, 0.2) is 0 Å². The van der Waals surface area contributed by atoms with E-state index in [9.17, 15) is 9.59 Å². The van der Waals surface area contributed by atoms with E-state index >= 15 is 0 Å². The molecule has 0 unspecified atom stereocenters. The first-order chi connectivity index (χ1) is 6.72. The molecule has 0 aliphatic carbocycles. The maximum absolute atomic E-state index is 10.7. The van der Waals surface area contributed by atoms with E-state index in [4.69, 9.17) is 10.2 Å². The average Bonchev–Trinajstić information content (AvgIpc) is 2.00. The molecule has 0 saturated carbocycles. The Morgan fingerprint density at radius 2 is 1.80 bits per heavy atom. The van der Waals surface area contributed by atoms with E-state index in [-0.39, 0.29) is 17.5 Å². The van der Waals surface area contributed by atoms with Crippen molar-refractivity contribution in [1.29, 1.82) is 0 Å². The second kappa shape index (κ2) is 5.29. The van der Waals surface area contributed by atoms with Crippen molar-refractivity contribution in [2.24, 2.45) is 4.99 Å². The second-order valence-corrected chi connectivity index (χ2v) is 3.99. The van der Waals surface area contributed by atoms with Gasteiger partial charge < -0.3 is 10.2 Å². The molecule has 5 nitrogen and oxygen atoms in total. The monoisotopic (exact) mass is 213 g/mol. The zero-order valence-corrected chi connectivity index (χ0v) is 9.02. The molecule has 0 aromatic rings. The van der Waals surface area contributed by atoms with Crippen molar-refractivity contribution in [3.05, 3.63) is 11.6 Å². The fourth-order valence-electron chi connectivity index (χ4n) is 0.656. The molecule has 5 heteroatoms. The molecular weight excluding hydrogens is 198 g/mol. The first-order valence-electron chi connectivity index (χ1n) is 4.43. The van der Waals surface area contributed by atoms with Crippen molar-refractivity contribution in [1.82, 2.24) is 0 Å². The van der Waals surface area contributed by atoms with Crippen LogP contribution in [0.5, 0.6) is 0 Å². The van der Waals surface area contributed by atoms with E-state index in [1.165, 1.54) is 6.21 Å². The maximum Gasteiger partial charge on any atom is 0.336 e. The summed E-state index contributed by atoms with van der Waals surface area (Å²) in [6, 6.07) is 0. The van der Waals surface area contributed by atoms with Gasteiger partial charge in [-0.25, -0.2) is 4.79 Å². The lowest BCUT2D eigenvalue weighted by Gasteiger charge is -2.10. The van der Waals surface area contributed by atoms with Gasteiger partial charge in [0.1, 0.15) is 0 Å². The molecule has 0 aliphatic rings. The largest absolute Gasteiger partial charge is 0.481 e. The molecule has 2 N–H and O–H groups in total. The molecule has 0 saturated heterocycles. The highest BCUT2D eigenvalue weighted by Gasteiger charge is 2.09. The number of carbonyl (C=O) groups is 2. The standard InChI is InChI=1S/C10H15NO4/c1-10(2,3)11-6-7(9(14)15)4-5-8(12)13/h4,6H,5H2,1-3H3,(H,12,13)(H,14,15). The summed E-state index contributed by atoms with van der Waals surface area (Å²) >= 11 is 0. The Hall–Kier alpha value is -1.65. The predicted molar refractivity (Wildman–Crippen MR) is 56.2 cm³/mol. The summed E-state index contributed by atoms with van der Waals surface area (Å²) in [6.07, 6.45) is 1.99. The highest BCUT2D eigenvalue weighted by molar-refractivity contribution is 6.08. The van der Waals surface area contributed by atoms with Gasteiger partial charge in [0.25, 0.3) is 0 Å². The number of aliphatic imine (C=N–C) groups is 1. The maximum atomic E-state index is 10.7. The first kappa shape index (κ1) is 13.4. The van der Waals surface area contributed by atoms with E-state index in [0.717, 1.165) is 6.08 Å². The van der Waals surface area contributed by atoms with Gasteiger partial charge in [0.2, 0.25) is 0 Å². The lowest BCUT2D eigenvalue weighted by molar-refractivity contribution is -0.136. The summed E-state index contributed by atoms with van der Waals surface area (Å²) in [4.78, 5) is 24.9. The second-order valence-electron chi connectivity index (χ2n) is 3.99. The Labute approximate surface area is 88.1 Å². The van der Waals surface area contributed by atoms with Crippen LogP contribution < -0.4 is 0 Å². The molecule has 0 amide bonds. The third-order valence-corrected chi connectivity index (χ3v) is 1.33. The van der Waals surface area contributed by atoms with Crippen LogP contribution in [0.3, 0.4) is 0 Å². The topological polar surface area (TPSA) is 87.0 Å². The third kappa shape index (κ3) is 7.42. The Balaban J connectivity index is 4.70. The van der Waals surface area contributed by atoms with Crippen LogP contribution >= 0.6 is 0 Å². The normalized spacial score (nSPS) is 13.1. The summed E-state index contributed by atoms with van der Waals surface area (Å²) in [5.74, 6) is -2.25. The van der Waals surface area contributed by atoms with Crippen molar-refractivity contribution in [2.75, 3.05) is 0 Å². The Morgan fingerprint density at radius 3 is 2.13 bits per heavy atom. The Morgan fingerprint density at radius 1 is 1.27 bits per heavy atom. The molecule has 0 bridgehead atoms. The molecule has 0 atom stereocenters. The molecule has 0 heterocycles. The molecule has 15 heavy (non-hydrogen) atoms. The zero-order chi connectivity index (χ0) is 12.1. The minimum Gasteiger partial charge on any atom is -0.481 e. The summed E-state index contributed by atoms with van der Waals surface area (Å²) in [6.45, 7) is 5.46. The quantitative estimate of drug-likeness (QED) is 0.545.